The summed E-state index contributed by atoms with van der Waals surface area (Å²) in [6.07, 6.45) is 1.94. The van der Waals surface area contributed by atoms with Crippen LogP contribution in [0.2, 0.25) is 0 Å². The number of nitrogens with zero attached hydrogens (tertiary/aromatic N) is 3. The van der Waals surface area contributed by atoms with Crippen LogP contribution in [0.4, 0.5) is 10.8 Å². The molecule has 0 unspecified atom stereocenters. The first-order valence-electron chi connectivity index (χ1n) is 11.1. The normalized spacial score (nSPS) is 16.2. The number of hydrogen-bond donors (Lipinski definition) is 0. The molecule has 1 amide bonds. The van der Waals surface area contributed by atoms with Crippen LogP contribution in [-0.4, -0.2) is 16.1 Å². The molecule has 0 N–H and O–H groups in total. The van der Waals surface area contributed by atoms with Crippen LogP contribution in [0.25, 0.3) is 17.3 Å². The summed E-state index contributed by atoms with van der Waals surface area (Å²) in [6, 6.07) is 28.0. The summed E-state index contributed by atoms with van der Waals surface area (Å²) >= 11 is 2.85. The van der Waals surface area contributed by atoms with Gasteiger partial charge in [0.15, 0.2) is 5.17 Å². The Balaban J connectivity index is 1.50. The SMILES string of the molecule is CC(C)c1ccc(/C=C2\S/C(=N/c3nc(-c4ccccc4)cs3)N(c3ccccc3)C2=O)cc1. The minimum Gasteiger partial charge on any atom is -0.268 e. The van der Waals surface area contributed by atoms with E-state index in [9.17, 15) is 4.79 Å². The summed E-state index contributed by atoms with van der Waals surface area (Å²) in [4.78, 5) is 25.2. The molecule has 4 aromatic rings. The number of aromatic nitrogens is 1. The maximum Gasteiger partial charge on any atom is 0.271 e. The maximum absolute atomic E-state index is 13.5. The molecule has 1 aromatic heterocycles. The average molecular weight is 482 g/mol. The van der Waals surface area contributed by atoms with Gasteiger partial charge in [0.2, 0.25) is 5.13 Å². The second-order valence-electron chi connectivity index (χ2n) is 8.18. The lowest BCUT2D eigenvalue weighted by Gasteiger charge is -2.14. The molecule has 0 aliphatic carbocycles. The minimum absolute atomic E-state index is 0.0808. The van der Waals surface area contributed by atoms with Crippen LogP contribution in [0.5, 0.6) is 0 Å². The molecule has 1 aliphatic rings. The molecule has 2 heterocycles. The van der Waals surface area contributed by atoms with Gasteiger partial charge in [-0.05, 0) is 47.0 Å². The molecule has 0 atom stereocenters. The van der Waals surface area contributed by atoms with Gasteiger partial charge in [-0.25, -0.2) is 4.98 Å². The van der Waals surface area contributed by atoms with Crippen LogP contribution in [0.1, 0.15) is 30.9 Å². The Hall–Kier alpha value is -3.48. The van der Waals surface area contributed by atoms with Crippen molar-refractivity contribution < 1.29 is 4.79 Å². The van der Waals surface area contributed by atoms with E-state index in [2.05, 4.69) is 38.1 Å². The van der Waals surface area contributed by atoms with Crippen molar-refractivity contribution in [1.82, 2.24) is 4.98 Å². The van der Waals surface area contributed by atoms with Gasteiger partial charge in [-0.1, -0.05) is 86.6 Å². The molecule has 1 fully saturated rings. The van der Waals surface area contributed by atoms with Gasteiger partial charge in [-0.15, -0.1) is 11.3 Å². The highest BCUT2D eigenvalue weighted by Gasteiger charge is 2.35. The molecule has 0 bridgehead atoms. The Labute approximate surface area is 207 Å². The number of rotatable bonds is 5. The molecule has 0 saturated carbocycles. The van der Waals surface area contributed by atoms with E-state index in [1.807, 2.05) is 72.1 Å². The predicted molar refractivity (Wildman–Crippen MR) is 145 cm³/mol. The first-order chi connectivity index (χ1) is 16.6. The fourth-order valence-corrected chi connectivity index (χ4v) is 5.36. The van der Waals surface area contributed by atoms with Crippen molar-refractivity contribution in [3.8, 4) is 11.3 Å². The van der Waals surface area contributed by atoms with Gasteiger partial charge in [0.25, 0.3) is 5.91 Å². The van der Waals surface area contributed by atoms with Gasteiger partial charge in [-0.2, -0.15) is 4.99 Å². The van der Waals surface area contributed by atoms with Crippen molar-refractivity contribution in [2.24, 2.45) is 4.99 Å². The van der Waals surface area contributed by atoms with E-state index in [0.717, 1.165) is 22.5 Å². The Morgan fingerprint density at radius 1 is 0.912 bits per heavy atom. The molecule has 1 aliphatic heterocycles. The van der Waals surface area contributed by atoms with Crippen molar-refractivity contribution >= 4 is 51.1 Å². The fraction of sp³-hybridized carbons (Fsp3) is 0.107. The maximum atomic E-state index is 13.5. The zero-order valence-corrected chi connectivity index (χ0v) is 20.5. The van der Waals surface area contributed by atoms with Crippen LogP contribution >= 0.6 is 23.1 Å². The van der Waals surface area contributed by atoms with Gasteiger partial charge in [-0.3, -0.25) is 9.69 Å². The van der Waals surface area contributed by atoms with Gasteiger partial charge in [0, 0.05) is 10.9 Å². The Bertz CT molecular complexity index is 1360. The van der Waals surface area contributed by atoms with Crippen LogP contribution in [0, 0.1) is 0 Å². The van der Waals surface area contributed by atoms with Gasteiger partial charge in [0.1, 0.15) is 0 Å². The first-order valence-corrected chi connectivity index (χ1v) is 12.8. The predicted octanol–water partition coefficient (Wildman–Crippen LogP) is 7.74. The quantitative estimate of drug-likeness (QED) is 0.274. The first kappa shape index (κ1) is 22.3. The number of hydrogen-bond acceptors (Lipinski definition) is 5. The van der Waals surface area contributed by atoms with E-state index in [1.165, 1.54) is 28.7 Å². The number of thiazole rings is 1. The summed E-state index contributed by atoms with van der Waals surface area (Å²) in [6.45, 7) is 4.35. The number of anilines is 1. The molecule has 0 spiro atoms. The number of aliphatic imine (C=N–C) groups is 1. The van der Waals surface area contributed by atoms with Crippen molar-refractivity contribution in [3.05, 3.63) is 106 Å². The number of thioether (sulfide) groups is 1. The van der Waals surface area contributed by atoms with E-state index in [0.29, 0.717) is 21.1 Å². The molecule has 5 rings (SSSR count). The lowest BCUT2D eigenvalue weighted by Crippen LogP contribution is -2.28. The Morgan fingerprint density at radius 2 is 1.59 bits per heavy atom. The molecule has 6 heteroatoms. The molecular weight excluding hydrogens is 458 g/mol. The number of carbonyl (C=O) groups is 1. The molecule has 0 radical (unpaired) electrons. The number of amidine groups is 1. The molecular formula is C28H23N3OS2. The second-order valence-corrected chi connectivity index (χ2v) is 10.0. The van der Waals surface area contributed by atoms with E-state index < -0.39 is 0 Å². The summed E-state index contributed by atoms with van der Waals surface area (Å²) < 4.78 is 0. The highest BCUT2D eigenvalue weighted by Crippen LogP contribution is 2.38. The summed E-state index contributed by atoms with van der Waals surface area (Å²) in [5.74, 6) is 0.387. The third-order valence-electron chi connectivity index (χ3n) is 5.47. The third kappa shape index (κ3) is 4.74. The van der Waals surface area contributed by atoms with Crippen LogP contribution in [0.3, 0.4) is 0 Å². The fourth-order valence-electron chi connectivity index (χ4n) is 3.62. The third-order valence-corrected chi connectivity index (χ3v) is 7.18. The van der Waals surface area contributed by atoms with Crippen molar-refractivity contribution in [2.75, 3.05) is 4.90 Å². The monoisotopic (exact) mass is 481 g/mol. The summed E-state index contributed by atoms with van der Waals surface area (Å²) in [5.41, 5.74) is 4.99. The van der Waals surface area contributed by atoms with Crippen LogP contribution in [-0.2, 0) is 4.79 Å². The van der Waals surface area contributed by atoms with E-state index in [4.69, 9.17) is 9.98 Å². The highest BCUT2D eigenvalue weighted by molar-refractivity contribution is 8.19. The number of amides is 1. The van der Waals surface area contributed by atoms with E-state index >= 15 is 0 Å². The highest BCUT2D eigenvalue weighted by atomic mass is 32.2. The van der Waals surface area contributed by atoms with E-state index in [-0.39, 0.29) is 5.91 Å². The molecule has 4 nitrogen and oxygen atoms in total. The molecule has 168 valence electrons. The van der Waals surface area contributed by atoms with Gasteiger partial charge < -0.3 is 0 Å². The van der Waals surface area contributed by atoms with Crippen molar-refractivity contribution in [2.45, 2.75) is 19.8 Å². The minimum atomic E-state index is -0.0808. The smallest absolute Gasteiger partial charge is 0.268 e. The van der Waals surface area contributed by atoms with E-state index in [1.54, 1.807) is 4.90 Å². The second kappa shape index (κ2) is 9.79. The lowest BCUT2D eigenvalue weighted by molar-refractivity contribution is -0.113. The number of carbonyl (C=O) groups excluding carboxylic acids is 1. The van der Waals surface area contributed by atoms with Gasteiger partial charge >= 0.3 is 0 Å². The summed E-state index contributed by atoms with van der Waals surface area (Å²) in [5, 5.41) is 3.23. The zero-order chi connectivity index (χ0) is 23.5. The molecule has 1 saturated heterocycles. The molecule has 3 aromatic carbocycles. The number of benzene rings is 3. The molecule has 34 heavy (non-hydrogen) atoms. The topological polar surface area (TPSA) is 45.6 Å². The van der Waals surface area contributed by atoms with Crippen LogP contribution in [0.15, 0.2) is 100 Å². The Kier molecular flexibility index (Phi) is 6.43. The summed E-state index contributed by atoms with van der Waals surface area (Å²) in [7, 11) is 0. The average Bonchev–Trinajstić information content (AvgIpc) is 3.45. The van der Waals surface area contributed by atoms with Crippen LogP contribution < -0.4 is 4.90 Å². The largest absolute Gasteiger partial charge is 0.271 e. The van der Waals surface area contributed by atoms with Crippen molar-refractivity contribution in [1.29, 1.82) is 0 Å². The van der Waals surface area contributed by atoms with Gasteiger partial charge in [0.05, 0.1) is 16.3 Å². The Morgan fingerprint density at radius 3 is 2.26 bits per heavy atom. The lowest BCUT2D eigenvalue weighted by atomic mass is 10.0. The zero-order valence-electron chi connectivity index (χ0n) is 18.9. The number of para-hydroxylation sites is 1. The van der Waals surface area contributed by atoms with Crippen molar-refractivity contribution in [3.63, 3.8) is 0 Å². The standard InChI is InChI=1S/C28H23N3OS2/c1-19(2)21-15-13-20(14-16-21)17-25-26(32)31(23-11-7-4-8-12-23)28(34-25)30-27-29-24(18-33-27)22-9-5-3-6-10-22/h3-19H,1-2H3/b25-17-,30-28+.